The number of anilines is 1. The standard InChI is InChI=1S/C12H13F3N2O2S/c1-17(10(18)6-19-7-12(13,14)15)9-4-2-8(3-5-9)11(16)20/h2-5H,6-7H2,1H3,(H2,16,20). The number of ether oxygens (including phenoxy) is 1. The number of halogens is 3. The number of hydrogen-bond acceptors (Lipinski definition) is 3. The van der Waals surface area contributed by atoms with E-state index in [1.807, 2.05) is 0 Å². The molecule has 0 saturated carbocycles. The summed E-state index contributed by atoms with van der Waals surface area (Å²) in [5.41, 5.74) is 6.57. The summed E-state index contributed by atoms with van der Waals surface area (Å²) in [6, 6.07) is 6.43. The van der Waals surface area contributed by atoms with Crippen molar-refractivity contribution in [2.75, 3.05) is 25.2 Å². The molecule has 0 spiro atoms. The second-order valence-electron chi connectivity index (χ2n) is 3.97. The number of benzene rings is 1. The molecule has 0 heterocycles. The molecule has 8 heteroatoms. The molecule has 20 heavy (non-hydrogen) atoms. The molecule has 0 bridgehead atoms. The lowest BCUT2D eigenvalue weighted by molar-refractivity contribution is -0.175. The lowest BCUT2D eigenvalue weighted by Crippen LogP contribution is -2.31. The molecule has 0 aliphatic heterocycles. The van der Waals surface area contributed by atoms with E-state index in [1.54, 1.807) is 24.3 Å². The average Bonchev–Trinajstić information content (AvgIpc) is 2.36. The number of nitrogens with two attached hydrogens (primary N) is 1. The summed E-state index contributed by atoms with van der Waals surface area (Å²) in [6.45, 7) is -2.10. The molecule has 2 N–H and O–H groups in total. The summed E-state index contributed by atoms with van der Waals surface area (Å²) in [6.07, 6.45) is -4.45. The van der Waals surface area contributed by atoms with E-state index in [4.69, 9.17) is 18.0 Å². The summed E-state index contributed by atoms with van der Waals surface area (Å²) >= 11 is 4.79. The molecule has 1 aromatic carbocycles. The number of alkyl halides is 3. The van der Waals surface area contributed by atoms with Crippen molar-refractivity contribution in [2.24, 2.45) is 5.73 Å². The van der Waals surface area contributed by atoms with Gasteiger partial charge in [0.1, 0.15) is 18.2 Å². The van der Waals surface area contributed by atoms with Gasteiger partial charge in [-0.15, -0.1) is 0 Å². The van der Waals surface area contributed by atoms with Gasteiger partial charge in [-0.25, -0.2) is 0 Å². The van der Waals surface area contributed by atoms with Crippen LogP contribution in [0.2, 0.25) is 0 Å². The third-order valence-electron chi connectivity index (χ3n) is 2.40. The molecule has 110 valence electrons. The largest absolute Gasteiger partial charge is 0.411 e. The summed E-state index contributed by atoms with van der Waals surface area (Å²) in [4.78, 5) is 13.0. The maximum atomic E-state index is 11.9. The van der Waals surface area contributed by atoms with E-state index in [0.29, 0.717) is 11.3 Å². The van der Waals surface area contributed by atoms with Crippen molar-refractivity contribution in [3.63, 3.8) is 0 Å². The van der Waals surface area contributed by atoms with Gasteiger partial charge < -0.3 is 15.4 Å². The van der Waals surface area contributed by atoms with Crippen molar-refractivity contribution in [1.29, 1.82) is 0 Å². The molecule has 0 atom stereocenters. The number of nitrogens with zero attached hydrogens (tertiary/aromatic N) is 1. The van der Waals surface area contributed by atoms with E-state index >= 15 is 0 Å². The topological polar surface area (TPSA) is 55.6 Å². The van der Waals surface area contributed by atoms with Crippen LogP contribution < -0.4 is 10.6 Å². The molecule has 1 rings (SSSR count). The van der Waals surface area contributed by atoms with Crippen LogP contribution in [-0.2, 0) is 9.53 Å². The van der Waals surface area contributed by atoms with Gasteiger partial charge in [0.05, 0.1) is 0 Å². The third-order valence-corrected chi connectivity index (χ3v) is 2.64. The zero-order chi connectivity index (χ0) is 15.3. The Morgan fingerprint density at radius 1 is 1.35 bits per heavy atom. The zero-order valence-electron chi connectivity index (χ0n) is 10.6. The Balaban J connectivity index is 2.58. The highest BCUT2D eigenvalue weighted by Crippen LogP contribution is 2.16. The number of carbonyl (C=O) groups is 1. The van der Waals surface area contributed by atoms with Gasteiger partial charge in [-0.2, -0.15) is 13.2 Å². The minimum absolute atomic E-state index is 0.221. The van der Waals surface area contributed by atoms with Crippen molar-refractivity contribution >= 4 is 28.8 Å². The number of carbonyl (C=O) groups excluding carboxylic acids is 1. The van der Waals surface area contributed by atoms with Crippen LogP contribution in [0.15, 0.2) is 24.3 Å². The van der Waals surface area contributed by atoms with Crippen molar-refractivity contribution in [1.82, 2.24) is 0 Å². The molecule has 0 saturated heterocycles. The van der Waals surface area contributed by atoms with Crippen LogP contribution in [0.4, 0.5) is 18.9 Å². The van der Waals surface area contributed by atoms with E-state index in [0.717, 1.165) is 0 Å². The highest BCUT2D eigenvalue weighted by Gasteiger charge is 2.28. The summed E-state index contributed by atoms with van der Waals surface area (Å²) in [7, 11) is 1.44. The van der Waals surface area contributed by atoms with Gasteiger partial charge >= 0.3 is 6.18 Å². The predicted molar refractivity (Wildman–Crippen MR) is 72.6 cm³/mol. The quantitative estimate of drug-likeness (QED) is 0.844. The third kappa shape index (κ3) is 5.14. The minimum atomic E-state index is -4.45. The lowest BCUT2D eigenvalue weighted by Gasteiger charge is -2.18. The van der Waals surface area contributed by atoms with Gasteiger partial charge in [0.15, 0.2) is 0 Å². The second-order valence-corrected chi connectivity index (χ2v) is 4.41. The first-order valence-corrected chi connectivity index (χ1v) is 5.92. The maximum Gasteiger partial charge on any atom is 0.411 e. The van der Waals surface area contributed by atoms with Gasteiger partial charge in [-0.05, 0) is 24.3 Å². The number of amides is 1. The fourth-order valence-electron chi connectivity index (χ4n) is 1.34. The van der Waals surface area contributed by atoms with Crippen molar-refractivity contribution in [3.05, 3.63) is 29.8 Å². The molecule has 0 fully saturated rings. The second kappa shape index (κ2) is 6.67. The van der Waals surface area contributed by atoms with Crippen LogP contribution in [-0.4, -0.2) is 37.3 Å². The minimum Gasteiger partial charge on any atom is -0.389 e. The van der Waals surface area contributed by atoms with Crippen molar-refractivity contribution < 1.29 is 22.7 Å². The van der Waals surface area contributed by atoms with E-state index in [1.165, 1.54) is 11.9 Å². The van der Waals surface area contributed by atoms with Crippen LogP contribution in [0.1, 0.15) is 5.56 Å². The fourth-order valence-corrected chi connectivity index (χ4v) is 1.48. The molecular weight excluding hydrogens is 293 g/mol. The molecule has 1 aromatic rings. The Morgan fingerprint density at radius 2 is 1.90 bits per heavy atom. The zero-order valence-corrected chi connectivity index (χ0v) is 11.4. The molecule has 0 aliphatic carbocycles. The number of rotatable bonds is 5. The molecule has 0 unspecified atom stereocenters. The number of hydrogen-bond donors (Lipinski definition) is 1. The van der Waals surface area contributed by atoms with Gasteiger partial charge in [-0.3, -0.25) is 4.79 Å². The average molecular weight is 306 g/mol. The molecule has 1 amide bonds. The van der Waals surface area contributed by atoms with E-state index < -0.39 is 25.3 Å². The van der Waals surface area contributed by atoms with E-state index in [-0.39, 0.29) is 4.99 Å². The maximum absolute atomic E-state index is 11.9. The predicted octanol–water partition coefficient (Wildman–Crippen LogP) is 1.86. The normalized spacial score (nSPS) is 11.2. The van der Waals surface area contributed by atoms with E-state index in [9.17, 15) is 18.0 Å². The summed E-state index contributed by atoms with van der Waals surface area (Å²) in [5, 5.41) is 0. The fraction of sp³-hybridized carbons (Fsp3) is 0.333. The van der Waals surface area contributed by atoms with Gasteiger partial charge in [0.25, 0.3) is 5.91 Å². The van der Waals surface area contributed by atoms with Crippen LogP contribution in [0.3, 0.4) is 0 Å². The monoisotopic (exact) mass is 306 g/mol. The molecule has 4 nitrogen and oxygen atoms in total. The van der Waals surface area contributed by atoms with Crippen molar-refractivity contribution in [3.8, 4) is 0 Å². The van der Waals surface area contributed by atoms with Gasteiger partial charge in [0, 0.05) is 18.3 Å². The Morgan fingerprint density at radius 3 is 2.35 bits per heavy atom. The van der Waals surface area contributed by atoms with Crippen LogP contribution in [0.5, 0.6) is 0 Å². The molecule has 0 radical (unpaired) electrons. The highest BCUT2D eigenvalue weighted by molar-refractivity contribution is 7.80. The Bertz CT molecular complexity index is 488. The Kier molecular flexibility index (Phi) is 5.46. The first kappa shape index (κ1) is 16.4. The molecular formula is C12H13F3N2O2S. The van der Waals surface area contributed by atoms with Crippen LogP contribution >= 0.6 is 12.2 Å². The summed E-state index contributed by atoms with van der Waals surface area (Å²) in [5.74, 6) is -0.586. The highest BCUT2D eigenvalue weighted by atomic mass is 32.1. The Hall–Kier alpha value is -1.67. The van der Waals surface area contributed by atoms with Gasteiger partial charge in [-0.1, -0.05) is 12.2 Å². The van der Waals surface area contributed by atoms with Gasteiger partial charge in [0.2, 0.25) is 0 Å². The molecule has 0 aromatic heterocycles. The number of likely N-dealkylation sites (N-methyl/N-ethyl adjacent to an activating group) is 1. The summed E-state index contributed by atoms with van der Waals surface area (Å²) < 4.78 is 39.9. The van der Waals surface area contributed by atoms with E-state index in [2.05, 4.69) is 4.74 Å². The lowest BCUT2D eigenvalue weighted by atomic mass is 10.2. The van der Waals surface area contributed by atoms with Crippen LogP contribution in [0.25, 0.3) is 0 Å². The first-order chi connectivity index (χ1) is 9.20. The first-order valence-electron chi connectivity index (χ1n) is 5.51. The van der Waals surface area contributed by atoms with Crippen molar-refractivity contribution in [2.45, 2.75) is 6.18 Å². The number of thiocarbonyl (C=S) groups is 1. The SMILES string of the molecule is CN(C(=O)COCC(F)(F)F)c1ccc(C(N)=S)cc1. The molecule has 0 aliphatic rings. The Labute approximate surface area is 119 Å². The van der Waals surface area contributed by atoms with Crippen LogP contribution in [0, 0.1) is 0 Å². The smallest absolute Gasteiger partial charge is 0.389 e.